The molecular formula is C26H41N3O2. The molecule has 5 nitrogen and oxygen atoms in total. The lowest BCUT2D eigenvalue weighted by atomic mass is 9.89. The van der Waals surface area contributed by atoms with Crippen LogP contribution in [-0.2, 0) is 11.3 Å². The number of carbonyl (C=O) groups is 1. The molecule has 2 aliphatic heterocycles. The summed E-state index contributed by atoms with van der Waals surface area (Å²) in [6, 6.07) is 6.33. The number of piperidine rings is 1. The number of carbonyl (C=O) groups excluding carboxylic acids is 1. The predicted octanol–water partition coefficient (Wildman–Crippen LogP) is 4.64. The number of hydrogen-bond acceptors (Lipinski definition) is 4. The van der Waals surface area contributed by atoms with Gasteiger partial charge in [-0.3, -0.25) is 4.79 Å². The summed E-state index contributed by atoms with van der Waals surface area (Å²) in [5.74, 6) is 2.84. The van der Waals surface area contributed by atoms with Crippen molar-refractivity contribution in [3.05, 3.63) is 23.8 Å². The maximum Gasteiger partial charge on any atom is 0.227 e. The molecule has 0 aromatic heterocycles. The van der Waals surface area contributed by atoms with Gasteiger partial charge >= 0.3 is 0 Å². The Hall–Kier alpha value is -1.59. The zero-order valence-electron chi connectivity index (χ0n) is 19.2. The van der Waals surface area contributed by atoms with Gasteiger partial charge in [0.15, 0.2) is 0 Å². The Kier molecular flexibility index (Phi) is 8.65. The molecule has 1 aromatic rings. The van der Waals surface area contributed by atoms with E-state index in [2.05, 4.69) is 28.8 Å². The molecule has 3 aliphatic rings. The quantitative estimate of drug-likeness (QED) is 0.534. The lowest BCUT2D eigenvalue weighted by molar-refractivity contribution is -0.117. The van der Waals surface area contributed by atoms with Crippen LogP contribution in [0.5, 0.6) is 5.75 Å². The molecule has 2 heterocycles. The molecular weight excluding hydrogens is 386 g/mol. The molecule has 0 bridgehead atoms. The van der Waals surface area contributed by atoms with Gasteiger partial charge in [-0.25, -0.2) is 0 Å². The van der Waals surface area contributed by atoms with Gasteiger partial charge in [-0.1, -0.05) is 19.3 Å². The SMILES string of the molecule is O=C1CCCN1c1ccc(OCCCC2CCCNC2)c(CNCC2CCCCC2)c1. The van der Waals surface area contributed by atoms with E-state index in [4.69, 9.17) is 4.74 Å². The van der Waals surface area contributed by atoms with Crippen LogP contribution in [0.3, 0.4) is 0 Å². The fourth-order valence-corrected chi connectivity index (χ4v) is 5.46. The van der Waals surface area contributed by atoms with Crippen molar-refractivity contribution < 1.29 is 9.53 Å². The standard InChI is InChI=1S/C26H41N3O2/c30-26-11-5-15-29(26)24-12-13-25(31-16-6-10-22-9-4-14-27-18-22)23(17-24)20-28-19-21-7-2-1-3-8-21/h12-13,17,21-22,27-28H,1-11,14-16,18-20H2. The molecule has 1 atom stereocenters. The van der Waals surface area contributed by atoms with Crippen molar-refractivity contribution in [1.29, 1.82) is 0 Å². The Balaban J connectivity index is 1.33. The zero-order chi connectivity index (χ0) is 21.3. The van der Waals surface area contributed by atoms with Gasteiger partial charge in [-0.05, 0) is 94.6 Å². The molecule has 1 aromatic carbocycles. The number of ether oxygens (including phenoxy) is 1. The Morgan fingerprint density at radius 2 is 1.94 bits per heavy atom. The Bertz CT molecular complexity index is 696. The van der Waals surface area contributed by atoms with E-state index in [0.717, 1.165) is 68.9 Å². The number of amides is 1. The zero-order valence-corrected chi connectivity index (χ0v) is 19.2. The van der Waals surface area contributed by atoms with E-state index in [-0.39, 0.29) is 5.91 Å². The minimum atomic E-state index is 0.246. The average Bonchev–Trinajstić information content (AvgIpc) is 3.24. The van der Waals surface area contributed by atoms with Crippen molar-refractivity contribution in [2.45, 2.75) is 77.2 Å². The normalized spacial score (nSPS) is 22.8. The topological polar surface area (TPSA) is 53.6 Å². The smallest absolute Gasteiger partial charge is 0.227 e. The molecule has 2 N–H and O–H groups in total. The molecule has 1 unspecified atom stereocenters. The number of rotatable bonds is 10. The summed E-state index contributed by atoms with van der Waals surface area (Å²) in [4.78, 5) is 14.2. The number of hydrogen-bond donors (Lipinski definition) is 2. The molecule has 2 saturated heterocycles. The number of nitrogens with zero attached hydrogens (tertiary/aromatic N) is 1. The number of benzene rings is 1. The Morgan fingerprint density at radius 3 is 2.71 bits per heavy atom. The van der Waals surface area contributed by atoms with Gasteiger partial charge in [0.05, 0.1) is 6.61 Å². The van der Waals surface area contributed by atoms with E-state index < -0.39 is 0 Å². The van der Waals surface area contributed by atoms with Crippen molar-refractivity contribution in [1.82, 2.24) is 10.6 Å². The van der Waals surface area contributed by atoms with Crippen LogP contribution in [0.2, 0.25) is 0 Å². The van der Waals surface area contributed by atoms with Gasteiger partial charge in [0.2, 0.25) is 5.91 Å². The highest BCUT2D eigenvalue weighted by Gasteiger charge is 2.23. The van der Waals surface area contributed by atoms with E-state index in [1.165, 1.54) is 63.5 Å². The van der Waals surface area contributed by atoms with Gasteiger partial charge in [0, 0.05) is 30.8 Å². The van der Waals surface area contributed by atoms with Gasteiger partial charge in [-0.15, -0.1) is 0 Å². The average molecular weight is 428 g/mol. The first-order valence-electron chi connectivity index (χ1n) is 12.8. The monoisotopic (exact) mass is 427 g/mol. The fourth-order valence-electron chi connectivity index (χ4n) is 5.46. The molecule has 1 amide bonds. The maximum absolute atomic E-state index is 12.2. The summed E-state index contributed by atoms with van der Waals surface area (Å²) in [5, 5.41) is 7.20. The highest BCUT2D eigenvalue weighted by molar-refractivity contribution is 5.95. The summed E-state index contributed by atoms with van der Waals surface area (Å²) in [6.45, 7) is 5.84. The lowest BCUT2D eigenvalue weighted by Crippen LogP contribution is -2.29. The third-order valence-corrected chi connectivity index (χ3v) is 7.32. The van der Waals surface area contributed by atoms with Gasteiger partial charge in [0.25, 0.3) is 0 Å². The van der Waals surface area contributed by atoms with Crippen LogP contribution in [0.1, 0.15) is 76.2 Å². The number of nitrogens with one attached hydrogen (secondary N) is 2. The second-order valence-electron chi connectivity index (χ2n) is 9.78. The summed E-state index contributed by atoms with van der Waals surface area (Å²) in [6.07, 6.45) is 13.5. The number of anilines is 1. The highest BCUT2D eigenvalue weighted by atomic mass is 16.5. The van der Waals surface area contributed by atoms with Crippen LogP contribution in [0, 0.1) is 11.8 Å². The van der Waals surface area contributed by atoms with E-state index in [1.54, 1.807) is 0 Å². The third-order valence-electron chi connectivity index (χ3n) is 7.32. The summed E-state index contributed by atoms with van der Waals surface area (Å²) < 4.78 is 6.25. The van der Waals surface area contributed by atoms with Gasteiger partial charge in [0.1, 0.15) is 5.75 Å². The van der Waals surface area contributed by atoms with Gasteiger partial charge < -0.3 is 20.3 Å². The molecule has 4 rings (SSSR count). The van der Waals surface area contributed by atoms with Crippen molar-refractivity contribution >= 4 is 11.6 Å². The molecule has 1 saturated carbocycles. The summed E-state index contributed by atoms with van der Waals surface area (Å²) in [7, 11) is 0. The van der Waals surface area contributed by atoms with Crippen LogP contribution in [0.15, 0.2) is 18.2 Å². The first-order chi connectivity index (χ1) is 15.3. The third kappa shape index (κ3) is 6.69. The molecule has 31 heavy (non-hydrogen) atoms. The largest absolute Gasteiger partial charge is 0.493 e. The summed E-state index contributed by atoms with van der Waals surface area (Å²) in [5.41, 5.74) is 2.21. The van der Waals surface area contributed by atoms with Crippen molar-refractivity contribution in [3.63, 3.8) is 0 Å². The van der Waals surface area contributed by atoms with Crippen LogP contribution in [0.25, 0.3) is 0 Å². The van der Waals surface area contributed by atoms with Crippen molar-refractivity contribution in [2.24, 2.45) is 11.8 Å². The van der Waals surface area contributed by atoms with E-state index in [0.29, 0.717) is 6.42 Å². The van der Waals surface area contributed by atoms with E-state index >= 15 is 0 Å². The first-order valence-corrected chi connectivity index (χ1v) is 12.8. The second kappa shape index (κ2) is 11.9. The molecule has 1 aliphatic carbocycles. The van der Waals surface area contributed by atoms with Crippen molar-refractivity contribution in [3.8, 4) is 5.75 Å². The molecule has 172 valence electrons. The minimum absolute atomic E-state index is 0.246. The lowest BCUT2D eigenvalue weighted by Gasteiger charge is -2.23. The molecule has 0 radical (unpaired) electrons. The van der Waals surface area contributed by atoms with E-state index in [9.17, 15) is 4.79 Å². The molecule has 0 spiro atoms. The van der Waals surface area contributed by atoms with Crippen molar-refractivity contribution in [2.75, 3.05) is 37.7 Å². The first kappa shape index (κ1) is 22.6. The predicted molar refractivity (Wildman–Crippen MR) is 127 cm³/mol. The Labute approximate surface area is 188 Å². The second-order valence-corrected chi connectivity index (χ2v) is 9.78. The maximum atomic E-state index is 12.2. The molecule has 3 fully saturated rings. The van der Waals surface area contributed by atoms with E-state index in [1.807, 2.05) is 4.90 Å². The minimum Gasteiger partial charge on any atom is -0.493 e. The molecule has 5 heteroatoms. The fraction of sp³-hybridized carbons (Fsp3) is 0.731. The Morgan fingerprint density at radius 1 is 1.06 bits per heavy atom. The van der Waals surface area contributed by atoms with Gasteiger partial charge in [-0.2, -0.15) is 0 Å². The van der Waals surface area contributed by atoms with Crippen LogP contribution >= 0.6 is 0 Å². The van der Waals surface area contributed by atoms with Crippen LogP contribution < -0.4 is 20.3 Å². The van der Waals surface area contributed by atoms with Crippen LogP contribution in [0.4, 0.5) is 5.69 Å². The highest BCUT2D eigenvalue weighted by Crippen LogP contribution is 2.29. The van der Waals surface area contributed by atoms with Crippen LogP contribution in [-0.4, -0.2) is 38.7 Å². The summed E-state index contributed by atoms with van der Waals surface area (Å²) >= 11 is 0.